The Morgan fingerprint density at radius 1 is 0.706 bits per heavy atom. The van der Waals surface area contributed by atoms with E-state index in [1.165, 1.54) is 19.8 Å². The number of carbonyl (C=O) groups is 2. The van der Waals surface area contributed by atoms with E-state index in [1.807, 2.05) is 48.5 Å². The predicted octanol–water partition coefficient (Wildman–Crippen LogP) is 2.18. The fourth-order valence-corrected chi connectivity index (χ4v) is 3.16. The van der Waals surface area contributed by atoms with Gasteiger partial charge in [0.15, 0.2) is 0 Å². The predicted molar refractivity (Wildman–Crippen MR) is 131 cm³/mol. The second kappa shape index (κ2) is 18.6. The lowest BCUT2D eigenvalue weighted by Crippen LogP contribution is -2.33. The summed E-state index contributed by atoms with van der Waals surface area (Å²) in [6, 6.07) is 19.8. The number of carbonyl (C=O) groups excluding carboxylic acids is 2. The summed E-state index contributed by atoms with van der Waals surface area (Å²) in [5.74, 6) is -0.705. The van der Waals surface area contributed by atoms with Gasteiger partial charge in [-0.25, -0.2) is 0 Å². The van der Waals surface area contributed by atoms with Gasteiger partial charge in [0.2, 0.25) is 0 Å². The summed E-state index contributed by atoms with van der Waals surface area (Å²) in [7, 11) is 2.66. The molecular weight excluding hydrogens is 436 g/mol. The third kappa shape index (κ3) is 13.7. The van der Waals surface area contributed by atoms with E-state index in [0.29, 0.717) is 19.4 Å². The van der Waals surface area contributed by atoms with E-state index >= 15 is 0 Å². The highest BCUT2D eigenvalue weighted by Crippen LogP contribution is 2.05. The van der Waals surface area contributed by atoms with Crippen molar-refractivity contribution in [2.24, 2.45) is 0 Å². The summed E-state index contributed by atoms with van der Waals surface area (Å²) in [5.41, 5.74) is 2.31. The Kier molecular flexibility index (Phi) is 16.0. The highest BCUT2D eigenvalue weighted by atomic mass is 16.5. The number of nitrogens with one attached hydrogen (secondary N) is 2. The maximum atomic E-state index is 11.3. The Bertz CT molecular complexity index is 764. The van der Waals surface area contributed by atoms with E-state index < -0.39 is 0 Å². The Morgan fingerprint density at radius 3 is 1.44 bits per heavy atom. The molecule has 0 bridgehead atoms. The van der Waals surface area contributed by atoms with Crippen LogP contribution in [0.5, 0.6) is 0 Å². The number of benzene rings is 2. The number of aliphatic hydroxyl groups is 2. The van der Waals surface area contributed by atoms with Gasteiger partial charge in [0.1, 0.15) is 0 Å². The van der Waals surface area contributed by atoms with Crippen LogP contribution in [0.3, 0.4) is 0 Å². The highest BCUT2D eigenvalue weighted by Gasteiger charge is 2.18. The van der Waals surface area contributed by atoms with E-state index in [9.17, 15) is 9.59 Å². The Balaban J connectivity index is 0.000000350. The van der Waals surface area contributed by atoms with E-state index in [-0.39, 0.29) is 50.1 Å². The van der Waals surface area contributed by atoms with Gasteiger partial charge in [-0.05, 0) is 24.0 Å². The maximum absolute atomic E-state index is 11.3. The number of hydrogen-bond donors (Lipinski definition) is 4. The van der Waals surface area contributed by atoms with Crippen LogP contribution in [-0.4, -0.2) is 61.7 Å². The van der Waals surface area contributed by atoms with Crippen LogP contribution < -0.4 is 10.6 Å². The summed E-state index contributed by atoms with van der Waals surface area (Å²) in [6.07, 6.45) is 1.65. The second-order valence-corrected chi connectivity index (χ2v) is 7.71. The molecule has 2 aromatic rings. The molecule has 0 atom stereocenters. The molecule has 0 aliphatic rings. The minimum Gasteiger partial charge on any atom is -0.469 e. The van der Waals surface area contributed by atoms with Crippen molar-refractivity contribution in [2.45, 2.75) is 50.9 Å². The Morgan fingerprint density at radius 2 is 1.09 bits per heavy atom. The molecule has 188 valence electrons. The first kappa shape index (κ1) is 29.3. The van der Waals surface area contributed by atoms with Gasteiger partial charge in [-0.2, -0.15) is 0 Å². The van der Waals surface area contributed by atoms with Crippen LogP contribution in [0, 0.1) is 0 Å². The Hall–Kier alpha value is -2.78. The molecule has 8 nitrogen and oxygen atoms in total. The van der Waals surface area contributed by atoms with Crippen molar-refractivity contribution in [1.82, 2.24) is 10.6 Å². The molecule has 0 unspecified atom stereocenters. The smallest absolute Gasteiger partial charge is 0.307 e. The lowest BCUT2D eigenvalue weighted by Gasteiger charge is -2.16. The third-order valence-corrected chi connectivity index (χ3v) is 5.11. The van der Waals surface area contributed by atoms with Crippen molar-refractivity contribution in [1.29, 1.82) is 0 Å². The van der Waals surface area contributed by atoms with Crippen LogP contribution in [0.1, 0.15) is 36.8 Å². The second-order valence-electron chi connectivity index (χ2n) is 7.71. The summed E-state index contributed by atoms with van der Waals surface area (Å²) in [4.78, 5) is 22.6. The molecule has 0 aliphatic carbocycles. The van der Waals surface area contributed by atoms with Crippen LogP contribution in [0.4, 0.5) is 0 Å². The Labute approximate surface area is 202 Å². The zero-order valence-electron chi connectivity index (χ0n) is 20.1. The molecule has 34 heavy (non-hydrogen) atoms. The average Bonchev–Trinajstić information content (AvgIpc) is 2.87. The largest absolute Gasteiger partial charge is 0.469 e. The number of rotatable bonds is 14. The molecule has 0 heterocycles. The molecule has 0 fully saturated rings. The first-order valence-electron chi connectivity index (χ1n) is 11.4. The SMILES string of the molecule is COC(=O)CC(CC(=O)OC)NCc1ccccc1.OCCC(CCO)NCc1ccccc1. The van der Waals surface area contributed by atoms with Gasteiger partial charge in [-0.15, -0.1) is 0 Å². The zero-order valence-corrected chi connectivity index (χ0v) is 20.1. The molecular formula is C26H38N2O6. The number of hydrogen-bond acceptors (Lipinski definition) is 8. The van der Waals surface area contributed by atoms with Gasteiger partial charge in [0, 0.05) is 38.4 Å². The van der Waals surface area contributed by atoms with Gasteiger partial charge >= 0.3 is 11.9 Å². The van der Waals surface area contributed by atoms with Crippen LogP contribution in [-0.2, 0) is 32.2 Å². The molecule has 4 N–H and O–H groups in total. The summed E-state index contributed by atoms with van der Waals surface area (Å²) >= 11 is 0. The van der Waals surface area contributed by atoms with Crippen LogP contribution in [0.15, 0.2) is 60.7 Å². The van der Waals surface area contributed by atoms with Crippen LogP contribution in [0.2, 0.25) is 0 Å². The van der Waals surface area contributed by atoms with E-state index in [0.717, 1.165) is 12.1 Å². The maximum Gasteiger partial charge on any atom is 0.307 e. The molecule has 0 amide bonds. The topological polar surface area (TPSA) is 117 Å². The molecule has 0 aromatic heterocycles. The van der Waals surface area contributed by atoms with E-state index in [2.05, 4.69) is 32.2 Å². The minimum absolute atomic E-state index is 0.137. The molecule has 0 radical (unpaired) electrons. The van der Waals surface area contributed by atoms with Gasteiger partial charge in [-0.1, -0.05) is 60.7 Å². The van der Waals surface area contributed by atoms with E-state index in [4.69, 9.17) is 10.2 Å². The lowest BCUT2D eigenvalue weighted by molar-refractivity contribution is -0.143. The van der Waals surface area contributed by atoms with Gasteiger partial charge < -0.3 is 30.3 Å². The molecule has 0 saturated carbocycles. The normalized spacial score (nSPS) is 10.5. The van der Waals surface area contributed by atoms with Gasteiger partial charge in [-0.3, -0.25) is 9.59 Å². The minimum atomic E-state index is -0.352. The van der Waals surface area contributed by atoms with E-state index in [1.54, 1.807) is 0 Å². The standard InChI is InChI=1S/C14H19NO4.C12H19NO2/c1-18-13(16)8-12(9-14(17)19-2)15-10-11-6-4-3-5-7-11;14-8-6-12(7-9-15)13-10-11-4-2-1-3-5-11/h3-7,12,15H,8-10H2,1-2H3;1-5,12-15H,6-10H2. The molecule has 8 heteroatoms. The average molecular weight is 475 g/mol. The van der Waals surface area contributed by atoms with Crippen molar-refractivity contribution in [2.75, 3.05) is 27.4 Å². The van der Waals surface area contributed by atoms with Crippen LogP contribution >= 0.6 is 0 Å². The molecule has 2 rings (SSSR count). The van der Waals surface area contributed by atoms with Crippen molar-refractivity contribution in [3.63, 3.8) is 0 Å². The molecule has 0 aliphatic heterocycles. The number of aliphatic hydroxyl groups excluding tert-OH is 2. The number of esters is 2. The first-order valence-corrected chi connectivity index (χ1v) is 11.4. The van der Waals surface area contributed by atoms with Gasteiger partial charge in [0.25, 0.3) is 0 Å². The third-order valence-electron chi connectivity index (χ3n) is 5.11. The number of methoxy groups -OCH3 is 2. The quantitative estimate of drug-likeness (QED) is 0.308. The zero-order chi connectivity index (χ0) is 25.0. The molecule has 0 saturated heterocycles. The first-order chi connectivity index (χ1) is 16.5. The fraction of sp³-hybridized carbons (Fsp3) is 0.462. The van der Waals surface area contributed by atoms with Gasteiger partial charge in [0.05, 0.1) is 27.1 Å². The van der Waals surface area contributed by atoms with Crippen molar-refractivity contribution in [3.05, 3.63) is 71.8 Å². The number of ether oxygens (including phenoxy) is 2. The molecule has 0 spiro atoms. The highest BCUT2D eigenvalue weighted by molar-refractivity contribution is 5.73. The monoisotopic (exact) mass is 474 g/mol. The van der Waals surface area contributed by atoms with Crippen molar-refractivity contribution >= 4 is 11.9 Å². The summed E-state index contributed by atoms with van der Waals surface area (Å²) in [5, 5.41) is 24.2. The van der Waals surface area contributed by atoms with Crippen molar-refractivity contribution in [3.8, 4) is 0 Å². The fourth-order valence-electron chi connectivity index (χ4n) is 3.16. The summed E-state index contributed by atoms with van der Waals surface area (Å²) < 4.78 is 9.23. The lowest BCUT2D eigenvalue weighted by atomic mass is 10.1. The van der Waals surface area contributed by atoms with Crippen molar-refractivity contribution < 1.29 is 29.3 Å². The van der Waals surface area contributed by atoms with Crippen LogP contribution in [0.25, 0.3) is 0 Å². The molecule has 2 aromatic carbocycles. The summed E-state index contributed by atoms with van der Waals surface area (Å²) in [6.45, 7) is 1.68.